The molecule has 0 radical (unpaired) electrons. The number of aryl methyl sites for hydroxylation is 1. The third-order valence-corrected chi connectivity index (χ3v) is 5.72. The van der Waals surface area contributed by atoms with Crippen molar-refractivity contribution in [3.63, 3.8) is 0 Å². The van der Waals surface area contributed by atoms with E-state index in [0.717, 1.165) is 34.6 Å². The highest BCUT2D eigenvalue weighted by atomic mass is 16.5. The quantitative estimate of drug-likeness (QED) is 0.561. The van der Waals surface area contributed by atoms with Gasteiger partial charge in [0, 0.05) is 23.1 Å². The third kappa shape index (κ3) is 3.73. The number of rotatable bonds is 2. The van der Waals surface area contributed by atoms with Gasteiger partial charge in [0.2, 0.25) is 11.7 Å². The van der Waals surface area contributed by atoms with Gasteiger partial charge in [-0.2, -0.15) is 4.98 Å². The van der Waals surface area contributed by atoms with Crippen molar-refractivity contribution < 1.29 is 24.3 Å². The van der Waals surface area contributed by atoms with Gasteiger partial charge in [-0.15, -0.1) is 0 Å². The van der Waals surface area contributed by atoms with Gasteiger partial charge < -0.3 is 24.6 Å². The highest BCUT2D eigenvalue weighted by Gasteiger charge is 2.38. The first kappa shape index (κ1) is 19.1. The Labute approximate surface area is 166 Å². The molecule has 0 amide bonds. The molecule has 152 valence electrons. The maximum Gasteiger partial charge on any atom is 0.414 e. The maximum absolute atomic E-state index is 9.10. The third-order valence-electron chi connectivity index (χ3n) is 5.72. The van der Waals surface area contributed by atoms with E-state index >= 15 is 0 Å². The van der Waals surface area contributed by atoms with Gasteiger partial charge in [0.1, 0.15) is 0 Å². The van der Waals surface area contributed by atoms with E-state index in [4.69, 9.17) is 29.3 Å². The number of hydrogen-bond donors (Lipinski definition) is 3. The molecule has 3 fully saturated rings. The lowest BCUT2D eigenvalue weighted by Gasteiger charge is -2.43. The van der Waals surface area contributed by atoms with Crippen molar-refractivity contribution in [2.45, 2.75) is 25.7 Å². The van der Waals surface area contributed by atoms with Crippen LogP contribution in [0.2, 0.25) is 0 Å². The summed E-state index contributed by atoms with van der Waals surface area (Å²) in [6, 6.07) is 8.28. The largest absolute Gasteiger partial charge is 0.473 e. The Morgan fingerprint density at radius 3 is 2.48 bits per heavy atom. The highest BCUT2D eigenvalue weighted by molar-refractivity contribution is 6.27. The first-order valence-electron chi connectivity index (χ1n) is 9.54. The zero-order valence-corrected chi connectivity index (χ0v) is 16.0. The number of carboxylic acid groups (broad SMARTS) is 2. The molecule has 9 heteroatoms. The second-order valence-corrected chi connectivity index (χ2v) is 7.48. The Bertz CT molecular complexity index is 1040. The summed E-state index contributed by atoms with van der Waals surface area (Å²) in [5.41, 5.74) is 3.28. The molecule has 3 N–H and O–H groups in total. The molecule has 9 nitrogen and oxygen atoms in total. The number of carbonyl (C=O) groups is 2. The van der Waals surface area contributed by atoms with E-state index in [1.165, 1.54) is 25.9 Å². The molecule has 1 unspecified atom stereocenters. The summed E-state index contributed by atoms with van der Waals surface area (Å²) in [6.45, 7) is 5.59. The maximum atomic E-state index is 9.10. The summed E-state index contributed by atoms with van der Waals surface area (Å²) in [4.78, 5) is 28.9. The second kappa shape index (κ2) is 7.67. The lowest BCUT2D eigenvalue weighted by molar-refractivity contribution is -0.159. The van der Waals surface area contributed by atoms with Crippen LogP contribution >= 0.6 is 0 Å². The molecule has 5 heterocycles. The molecule has 3 aliphatic heterocycles. The Morgan fingerprint density at radius 2 is 1.86 bits per heavy atom. The lowest BCUT2D eigenvalue weighted by Crippen LogP contribution is -2.46. The van der Waals surface area contributed by atoms with E-state index in [1.807, 2.05) is 12.1 Å². The predicted molar refractivity (Wildman–Crippen MR) is 104 cm³/mol. The number of benzene rings is 1. The molecule has 3 saturated heterocycles. The number of carboxylic acids is 2. The first-order chi connectivity index (χ1) is 13.9. The van der Waals surface area contributed by atoms with E-state index in [-0.39, 0.29) is 0 Å². The number of hydrogen-bond acceptors (Lipinski definition) is 6. The van der Waals surface area contributed by atoms with Gasteiger partial charge in [0.05, 0.1) is 11.5 Å². The molecule has 0 saturated carbocycles. The van der Waals surface area contributed by atoms with Crippen molar-refractivity contribution in [2.75, 3.05) is 19.6 Å². The Balaban J connectivity index is 0.000000302. The minimum Gasteiger partial charge on any atom is -0.473 e. The number of nitrogens with zero attached hydrogens (tertiary/aromatic N) is 3. The minimum atomic E-state index is -1.82. The van der Waals surface area contributed by atoms with Crippen LogP contribution in [0.5, 0.6) is 0 Å². The molecule has 3 aromatic rings. The van der Waals surface area contributed by atoms with Crippen LogP contribution in [0.1, 0.15) is 30.3 Å². The van der Waals surface area contributed by atoms with E-state index in [0.29, 0.717) is 17.7 Å². The van der Waals surface area contributed by atoms with Crippen molar-refractivity contribution in [2.24, 2.45) is 5.92 Å². The van der Waals surface area contributed by atoms with Crippen LogP contribution in [0.3, 0.4) is 0 Å². The molecule has 0 aliphatic carbocycles. The highest BCUT2D eigenvalue weighted by Crippen LogP contribution is 2.39. The normalized spacial score (nSPS) is 22.9. The van der Waals surface area contributed by atoms with Crippen molar-refractivity contribution in [3.05, 3.63) is 35.9 Å². The Kier molecular flexibility index (Phi) is 5.06. The average molecular weight is 398 g/mol. The Morgan fingerprint density at radius 1 is 1.17 bits per heavy atom. The standard InChI is InChI=1S/C18H20N4O.C2H2O4/c1-11-16(13-4-2-3-5-15(13)19-11)17-20-18(23-21-17)14-10-22-8-6-12(14)7-9-22;3-1(4)2(5)6/h2-5,12,14,19H,6-10H2,1H3;(H,3,4)(H,5,6). The number of H-pyrrole nitrogens is 1. The number of piperidine rings is 3. The Hall–Kier alpha value is -3.20. The summed E-state index contributed by atoms with van der Waals surface area (Å²) in [5.74, 6) is -1.00. The van der Waals surface area contributed by atoms with Gasteiger partial charge in [-0.3, -0.25) is 0 Å². The minimum absolute atomic E-state index is 0.407. The van der Waals surface area contributed by atoms with Crippen LogP contribution in [-0.4, -0.2) is 61.8 Å². The van der Waals surface area contributed by atoms with E-state index in [1.54, 1.807) is 0 Å². The van der Waals surface area contributed by atoms with Crippen molar-refractivity contribution in [1.29, 1.82) is 0 Å². The molecule has 29 heavy (non-hydrogen) atoms. The predicted octanol–water partition coefficient (Wildman–Crippen LogP) is 2.49. The average Bonchev–Trinajstić information content (AvgIpc) is 3.32. The smallest absolute Gasteiger partial charge is 0.414 e. The molecular weight excluding hydrogens is 376 g/mol. The van der Waals surface area contributed by atoms with Gasteiger partial charge in [-0.05, 0) is 44.8 Å². The molecule has 2 bridgehead atoms. The fourth-order valence-corrected chi connectivity index (χ4v) is 4.30. The van der Waals surface area contributed by atoms with Gasteiger partial charge in [0.15, 0.2) is 0 Å². The molecule has 0 spiro atoms. The summed E-state index contributed by atoms with van der Waals surface area (Å²) < 4.78 is 5.68. The molecular formula is C20H22N4O5. The lowest BCUT2D eigenvalue weighted by atomic mass is 9.79. The molecule has 1 atom stereocenters. The van der Waals surface area contributed by atoms with Crippen LogP contribution in [0.15, 0.2) is 28.8 Å². The number of aromatic nitrogens is 3. The van der Waals surface area contributed by atoms with E-state index in [2.05, 4.69) is 34.1 Å². The van der Waals surface area contributed by atoms with Crippen molar-refractivity contribution >= 4 is 22.8 Å². The van der Waals surface area contributed by atoms with Gasteiger partial charge in [0.25, 0.3) is 0 Å². The van der Waals surface area contributed by atoms with Crippen LogP contribution in [0.25, 0.3) is 22.3 Å². The topological polar surface area (TPSA) is 133 Å². The van der Waals surface area contributed by atoms with E-state index in [9.17, 15) is 0 Å². The van der Waals surface area contributed by atoms with Crippen molar-refractivity contribution in [1.82, 2.24) is 20.0 Å². The molecule has 2 aromatic heterocycles. The van der Waals surface area contributed by atoms with Gasteiger partial charge >= 0.3 is 11.9 Å². The monoisotopic (exact) mass is 398 g/mol. The van der Waals surface area contributed by atoms with E-state index < -0.39 is 11.9 Å². The van der Waals surface area contributed by atoms with Crippen LogP contribution in [0.4, 0.5) is 0 Å². The summed E-state index contributed by atoms with van der Waals surface area (Å²) in [7, 11) is 0. The number of nitrogens with one attached hydrogen (secondary N) is 1. The van der Waals surface area contributed by atoms with Crippen LogP contribution < -0.4 is 0 Å². The summed E-state index contributed by atoms with van der Waals surface area (Å²) >= 11 is 0. The molecule has 6 rings (SSSR count). The zero-order valence-electron chi connectivity index (χ0n) is 16.0. The van der Waals surface area contributed by atoms with Crippen LogP contribution in [-0.2, 0) is 9.59 Å². The van der Waals surface area contributed by atoms with Gasteiger partial charge in [-0.25, -0.2) is 9.59 Å². The summed E-state index contributed by atoms with van der Waals surface area (Å²) in [5, 5.41) is 20.2. The van der Waals surface area contributed by atoms with Crippen LogP contribution in [0, 0.1) is 12.8 Å². The number of aliphatic carboxylic acids is 2. The first-order valence-corrected chi connectivity index (χ1v) is 9.54. The van der Waals surface area contributed by atoms with Crippen molar-refractivity contribution in [3.8, 4) is 11.4 Å². The fourth-order valence-electron chi connectivity index (χ4n) is 4.30. The number of para-hydroxylation sites is 1. The SMILES string of the molecule is Cc1[nH]c2ccccc2c1-c1noc(C2CN3CCC2CC3)n1.O=C(O)C(=O)O. The molecule has 1 aromatic carbocycles. The fraction of sp³-hybridized carbons (Fsp3) is 0.400. The summed E-state index contributed by atoms with van der Waals surface area (Å²) in [6.07, 6.45) is 2.52. The zero-order chi connectivity index (χ0) is 20.5. The second-order valence-electron chi connectivity index (χ2n) is 7.48. The number of fused-ring (bicyclic) bond motifs is 4. The number of aromatic amines is 1. The van der Waals surface area contributed by atoms with Gasteiger partial charge in [-0.1, -0.05) is 23.4 Å². The molecule has 3 aliphatic rings.